The smallest absolute Gasteiger partial charge is 0.161 e. The molecule has 0 aliphatic heterocycles. The zero-order chi connectivity index (χ0) is 11.5. The van der Waals surface area contributed by atoms with Crippen LogP contribution in [0, 0.1) is 6.92 Å². The van der Waals surface area contributed by atoms with Crippen LogP contribution in [-0.4, -0.2) is 19.3 Å². The molecule has 16 heavy (non-hydrogen) atoms. The van der Waals surface area contributed by atoms with Crippen molar-refractivity contribution in [2.24, 2.45) is 5.73 Å². The summed E-state index contributed by atoms with van der Waals surface area (Å²) in [6.45, 7) is 2.04. The second-order valence-electron chi connectivity index (χ2n) is 4.41. The van der Waals surface area contributed by atoms with Gasteiger partial charge in [-0.05, 0) is 43.9 Å². The van der Waals surface area contributed by atoms with E-state index in [4.69, 9.17) is 15.2 Å². The Bertz CT molecular complexity index is 365. The number of nitrogens with two attached hydrogens (primary N) is 1. The van der Waals surface area contributed by atoms with Crippen LogP contribution in [-0.2, 0) is 0 Å². The molecule has 1 saturated carbocycles. The van der Waals surface area contributed by atoms with E-state index in [1.807, 2.05) is 25.1 Å². The first kappa shape index (κ1) is 11.3. The third kappa shape index (κ3) is 2.30. The molecule has 1 aliphatic rings. The van der Waals surface area contributed by atoms with E-state index in [1.165, 1.54) is 5.56 Å². The van der Waals surface area contributed by atoms with Crippen molar-refractivity contribution in [2.45, 2.75) is 38.3 Å². The first-order valence-corrected chi connectivity index (χ1v) is 5.77. The third-order valence-electron chi connectivity index (χ3n) is 3.10. The minimum absolute atomic E-state index is 0.136. The van der Waals surface area contributed by atoms with Crippen LogP contribution >= 0.6 is 0 Å². The van der Waals surface area contributed by atoms with Gasteiger partial charge in [0.25, 0.3) is 0 Å². The SMILES string of the molecule is COc1cc(C)ccc1OC1CCCC1N. The maximum atomic E-state index is 5.98. The van der Waals surface area contributed by atoms with Crippen LogP contribution in [0.5, 0.6) is 11.5 Å². The highest BCUT2D eigenvalue weighted by Crippen LogP contribution is 2.31. The first-order valence-electron chi connectivity index (χ1n) is 5.77. The molecule has 88 valence electrons. The van der Waals surface area contributed by atoms with E-state index in [9.17, 15) is 0 Å². The summed E-state index contributed by atoms with van der Waals surface area (Å²) in [4.78, 5) is 0. The van der Waals surface area contributed by atoms with E-state index >= 15 is 0 Å². The molecule has 2 unspecified atom stereocenters. The molecule has 1 aliphatic carbocycles. The number of aryl methyl sites for hydroxylation is 1. The van der Waals surface area contributed by atoms with Gasteiger partial charge in [0.15, 0.2) is 11.5 Å². The lowest BCUT2D eigenvalue weighted by Crippen LogP contribution is -2.33. The highest BCUT2D eigenvalue weighted by Gasteiger charge is 2.26. The first-order chi connectivity index (χ1) is 7.70. The van der Waals surface area contributed by atoms with Crippen molar-refractivity contribution in [3.63, 3.8) is 0 Å². The van der Waals surface area contributed by atoms with E-state index in [0.29, 0.717) is 0 Å². The highest BCUT2D eigenvalue weighted by molar-refractivity contribution is 5.42. The molecule has 0 spiro atoms. The summed E-state index contributed by atoms with van der Waals surface area (Å²) in [5.74, 6) is 1.59. The number of benzene rings is 1. The van der Waals surface area contributed by atoms with Crippen LogP contribution in [0.15, 0.2) is 18.2 Å². The van der Waals surface area contributed by atoms with Crippen molar-refractivity contribution < 1.29 is 9.47 Å². The summed E-state index contributed by atoms with van der Waals surface area (Å²) < 4.78 is 11.2. The molecular weight excluding hydrogens is 202 g/mol. The second-order valence-corrected chi connectivity index (χ2v) is 4.41. The molecular formula is C13H19NO2. The average Bonchev–Trinajstić information content (AvgIpc) is 2.67. The fourth-order valence-corrected chi connectivity index (χ4v) is 2.14. The standard InChI is InChI=1S/C13H19NO2/c1-9-6-7-12(13(8-9)15-2)16-11-5-3-4-10(11)14/h6-8,10-11H,3-5,14H2,1-2H3. The summed E-state index contributed by atoms with van der Waals surface area (Å²) in [6.07, 6.45) is 3.38. The maximum Gasteiger partial charge on any atom is 0.161 e. The minimum Gasteiger partial charge on any atom is -0.493 e. The Morgan fingerprint density at radius 3 is 2.69 bits per heavy atom. The summed E-state index contributed by atoms with van der Waals surface area (Å²) in [5.41, 5.74) is 7.15. The molecule has 2 N–H and O–H groups in total. The van der Waals surface area contributed by atoms with Crippen LogP contribution in [0.4, 0.5) is 0 Å². The average molecular weight is 221 g/mol. The lowest BCUT2D eigenvalue weighted by Gasteiger charge is -2.19. The van der Waals surface area contributed by atoms with E-state index in [0.717, 1.165) is 30.8 Å². The molecule has 3 heteroatoms. The molecule has 1 aromatic carbocycles. The quantitative estimate of drug-likeness (QED) is 0.851. The summed E-state index contributed by atoms with van der Waals surface area (Å²) in [7, 11) is 1.66. The van der Waals surface area contributed by atoms with Gasteiger partial charge in [-0.1, -0.05) is 6.07 Å². The molecule has 1 fully saturated rings. The number of methoxy groups -OCH3 is 1. The van der Waals surface area contributed by atoms with Crippen molar-refractivity contribution >= 4 is 0 Å². The number of hydrogen-bond acceptors (Lipinski definition) is 3. The van der Waals surface area contributed by atoms with Gasteiger partial charge in [-0.25, -0.2) is 0 Å². The van der Waals surface area contributed by atoms with Gasteiger partial charge in [0, 0.05) is 6.04 Å². The largest absolute Gasteiger partial charge is 0.493 e. The number of ether oxygens (including phenoxy) is 2. The normalized spacial score (nSPS) is 24.4. The van der Waals surface area contributed by atoms with Crippen LogP contribution < -0.4 is 15.2 Å². The van der Waals surface area contributed by atoms with Gasteiger partial charge in [0.2, 0.25) is 0 Å². The summed E-state index contributed by atoms with van der Waals surface area (Å²) in [5, 5.41) is 0. The van der Waals surface area contributed by atoms with Crippen LogP contribution in [0.25, 0.3) is 0 Å². The molecule has 0 radical (unpaired) electrons. The molecule has 0 bridgehead atoms. The van der Waals surface area contributed by atoms with Crippen molar-refractivity contribution in [3.8, 4) is 11.5 Å². The summed E-state index contributed by atoms with van der Waals surface area (Å²) in [6, 6.07) is 6.12. The molecule has 3 nitrogen and oxygen atoms in total. The Hall–Kier alpha value is -1.22. The predicted octanol–water partition coefficient (Wildman–Crippen LogP) is 2.26. The van der Waals surface area contributed by atoms with Crippen LogP contribution in [0.2, 0.25) is 0 Å². The molecule has 2 rings (SSSR count). The lowest BCUT2D eigenvalue weighted by molar-refractivity contribution is 0.184. The Kier molecular flexibility index (Phi) is 3.34. The van der Waals surface area contributed by atoms with Gasteiger partial charge in [-0.3, -0.25) is 0 Å². The Morgan fingerprint density at radius 1 is 1.25 bits per heavy atom. The molecule has 0 amide bonds. The third-order valence-corrected chi connectivity index (χ3v) is 3.10. The van der Waals surface area contributed by atoms with Gasteiger partial charge in [-0.2, -0.15) is 0 Å². The Morgan fingerprint density at radius 2 is 2.06 bits per heavy atom. The van der Waals surface area contributed by atoms with Crippen LogP contribution in [0.3, 0.4) is 0 Å². The Labute approximate surface area is 96.5 Å². The van der Waals surface area contributed by atoms with Gasteiger partial charge in [0.05, 0.1) is 7.11 Å². The fourth-order valence-electron chi connectivity index (χ4n) is 2.14. The maximum absolute atomic E-state index is 5.98. The molecule has 2 atom stereocenters. The second kappa shape index (κ2) is 4.74. The predicted molar refractivity (Wildman–Crippen MR) is 64.0 cm³/mol. The number of rotatable bonds is 3. The zero-order valence-corrected chi connectivity index (χ0v) is 9.90. The summed E-state index contributed by atoms with van der Waals surface area (Å²) >= 11 is 0. The monoisotopic (exact) mass is 221 g/mol. The molecule has 0 aromatic heterocycles. The number of hydrogen-bond donors (Lipinski definition) is 1. The molecule has 0 heterocycles. The van der Waals surface area contributed by atoms with Crippen molar-refractivity contribution in [3.05, 3.63) is 23.8 Å². The topological polar surface area (TPSA) is 44.5 Å². The molecule has 1 aromatic rings. The van der Waals surface area contributed by atoms with Crippen molar-refractivity contribution in [2.75, 3.05) is 7.11 Å². The van der Waals surface area contributed by atoms with Gasteiger partial charge in [-0.15, -0.1) is 0 Å². The van der Waals surface area contributed by atoms with E-state index in [2.05, 4.69) is 0 Å². The zero-order valence-electron chi connectivity index (χ0n) is 9.90. The Balaban J connectivity index is 2.14. The van der Waals surface area contributed by atoms with Gasteiger partial charge >= 0.3 is 0 Å². The molecule has 0 saturated heterocycles. The van der Waals surface area contributed by atoms with Gasteiger partial charge < -0.3 is 15.2 Å². The lowest BCUT2D eigenvalue weighted by atomic mass is 10.2. The van der Waals surface area contributed by atoms with Crippen molar-refractivity contribution in [1.29, 1.82) is 0 Å². The van der Waals surface area contributed by atoms with E-state index in [-0.39, 0.29) is 12.1 Å². The minimum atomic E-state index is 0.136. The van der Waals surface area contributed by atoms with Gasteiger partial charge in [0.1, 0.15) is 6.10 Å². The van der Waals surface area contributed by atoms with Crippen molar-refractivity contribution in [1.82, 2.24) is 0 Å². The fraction of sp³-hybridized carbons (Fsp3) is 0.538. The highest BCUT2D eigenvalue weighted by atomic mass is 16.5. The van der Waals surface area contributed by atoms with E-state index < -0.39 is 0 Å². The van der Waals surface area contributed by atoms with Crippen LogP contribution in [0.1, 0.15) is 24.8 Å². The van der Waals surface area contributed by atoms with E-state index in [1.54, 1.807) is 7.11 Å².